The number of hydrogen-bond donors (Lipinski definition) is 2. The quantitative estimate of drug-likeness (QED) is 0.615. The van der Waals surface area contributed by atoms with Crippen LogP contribution < -0.4 is 10.6 Å². The monoisotopic (exact) mass is 470 g/mol. The summed E-state index contributed by atoms with van der Waals surface area (Å²) in [5.41, 5.74) is 1.42. The summed E-state index contributed by atoms with van der Waals surface area (Å²) in [6, 6.07) is 5.18. The number of anilines is 1. The second-order valence-corrected chi connectivity index (χ2v) is 11.9. The maximum absolute atomic E-state index is 12.3. The number of likely N-dealkylation sites (tertiary alicyclic amines) is 1. The van der Waals surface area contributed by atoms with Crippen LogP contribution in [0.25, 0.3) is 10.2 Å². The third-order valence-electron chi connectivity index (χ3n) is 4.98. The molecule has 0 bridgehead atoms. The number of ether oxygens (including phenoxy) is 1. The van der Waals surface area contributed by atoms with Gasteiger partial charge in [0.2, 0.25) is 5.91 Å². The maximum atomic E-state index is 12.3. The Bertz CT molecular complexity index is 1060. The molecule has 0 aliphatic carbocycles. The number of urea groups is 1. The Labute approximate surface area is 182 Å². The van der Waals surface area contributed by atoms with Crippen LogP contribution in [0, 0.1) is 0 Å². The van der Waals surface area contributed by atoms with Crippen LogP contribution in [-0.2, 0) is 19.4 Å². The molecule has 4 rings (SSSR count). The predicted molar refractivity (Wildman–Crippen MR) is 117 cm³/mol. The average molecular weight is 471 g/mol. The van der Waals surface area contributed by atoms with Gasteiger partial charge >= 0.3 is 6.03 Å². The first-order chi connectivity index (χ1) is 14.3. The fraction of sp³-hybridized carbons (Fsp3) is 0.500. The Hall–Kier alpha value is -1.89. The lowest BCUT2D eigenvalue weighted by Gasteiger charge is -2.37. The highest BCUT2D eigenvalue weighted by molar-refractivity contribution is 8.01. The van der Waals surface area contributed by atoms with Gasteiger partial charge in [0.15, 0.2) is 14.2 Å². The number of carbonyl (C=O) groups excluding carboxylic acids is 2. The van der Waals surface area contributed by atoms with Crippen LogP contribution in [0.3, 0.4) is 0 Å². The summed E-state index contributed by atoms with van der Waals surface area (Å²) in [5, 5.41) is 5.26. The number of nitrogens with one attached hydrogen (secondary N) is 2. The van der Waals surface area contributed by atoms with E-state index in [1.807, 2.05) is 12.1 Å². The topological polar surface area (TPSA) is 118 Å². The van der Waals surface area contributed by atoms with Gasteiger partial charge in [0.1, 0.15) is 0 Å². The molecule has 1 atom stereocenters. The van der Waals surface area contributed by atoms with Crippen molar-refractivity contribution in [1.29, 1.82) is 0 Å². The van der Waals surface area contributed by atoms with Crippen LogP contribution in [0.15, 0.2) is 22.5 Å². The molecule has 0 radical (unpaired) electrons. The second-order valence-electron chi connectivity index (χ2n) is 7.37. The number of rotatable bonds is 6. The molecule has 30 heavy (non-hydrogen) atoms. The molecule has 2 aliphatic rings. The standard InChI is InChI=1S/C18H22N4O5S3/c1-30(25,26)13-7-22(8-13)17(24)20-11-2-3-14-15(6-11)29-18(21-14)28-10-16(23)19-12-4-5-27-9-12/h2-3,6,12-13H,4-5,7-10H2,1H3,(H,19,23)(H,20,24). The van der Waals surface area contributed by atoms with Crippen molar-refractivity contribution in [3.8, 4) is 0 Å². The molecule has 2 fully saturated rings. The van der Waals surface area contributed by atoms with Gasteiger partial charge in [-0.1, -0.05) is 11.8 Å². The number of nitrogens with zero attached hydrogens (tertiary/aromatic N) is 2. The average Bonchev–Trinajstić information content (AvgIpc) is 3.26. The van der Waals surface area contributed by atoms with E-state index in [9.17, 15) is 18.0 Å². The Balaban J connectivity index is 1.31. The zero-order valence-electron chi connectivity index (χ0n) is 16.3. The first-order valence-electron chi connectivity index (χ1n) is 9.43. The second kappa shape index (κ2) is 8.69. The molecule has 1 aromatic carbocycles. The van der Waals surface area contributed by atoms with Crippen molar-refractivity contribution in [2.24, 2.45) is 0 Å². The van der Waals surface area contributed by atoms with E-state index in [1.54, 1.807) is 6.07 Å². The molecule has 2 saturated heterocycles. The number of hydrogen-bond acceptors (Lipinski definition) is 8. The summed E-state index contributed by atoms with van der Waals surface area (Å²) in [6.07, 6.45) is 2.03. The van der Waals surface area contributed by atoms with Crippen LogP contribution in [0.4, 0.5) is 10.5 Å². The lowest BCUT2D eigenvalue weighted by molar-refractivity contribution is -0.119. The molecule has 2 N–H and O–H groups in total. The molecule has 9 nitrogen and oxygen atoms in total. The Morgan fingerprint density at radius 3 is 2.87 bits per heavy atom. The minimum Gasteiger partial charge on any atom is -0.379 e. The van der Waals surface area contributed by atoms with Gasteiger partial charge in [-0.25, -0.2) is 18.2 Å². The summed E-state index contributed by atoms with van der Waals surface area (Å²) in [6.45, 7) is 1.68. The molecule has 3 heterocycles. The molecule has 0 saturated carbocycles. The van der Waals surface area contributed by atoms with Crippen LogP contribution in [0.5, 0.6) is 0 Å². The molecule has 2 aromatic rings. The van der Waals surface area contributed by atoms with Crippen LogP contribution in [-0.4, -0.2) is 79.8 Å². The SMILES string of the molecule is CS(=O)(=O)C1CN(C(=O)Nc2ccc3nc(SCC(=O)NC4CCOC4)sc3c2)C1. The molecule has 1 aromatic heterocycles. The lowest BCUT2D eigenvalue weighted by Crippen LogP contribution is -2.57. The summed E-state index contributed by atoms with van der Waals surface area (Å²) < 4.78 is 29.9. The van der Waals surface area contributed by atoms with Gasteiger partial charge in [0.25, 0.3) is 0 Å². The van der Waals surface area contributed by atoms with Crippen molar-refractivity contribution in [1.82, 2.24) is 15.2 Å². The van der Waals surface area contributed by atoms with Gasteiger partial charge in [-0.15, -0.1) is 11.3 Å². The minimum atomic E-state index is -3.12. The van der Waals surface area contributed by atoms with Crippen LogP contribution in [0.1, 0.15) is 6.42 Å². The molecule has 3 amide bonds. The highest BCUT2D eigenvalue weighted by atomic mass is 32.2. The Morgan fingerprint density at radius 2 is 2.17 bits per heavy atom. The third kappa shape index (κ3) is 5.05. The summed E-state index contributed by atoms with van der Waals surface area (Å²) in [5.74, 6) is 0.251. The van der Waals surface area contributed by atoms with E-state index >= 15 is 0 Å². The van der Waals surface area contributed by atoms with E-state index in [1.165, 1.54) is 34.3 Å². The first kappa shape index (κ1) is 21.3. The van der Waals surface area contributed by atoms with E-state index in [4.69, 9.17) is 4.74 Å². The molecule has 1 unspecified atom stereocenters. The van der Waals surface area contributed by atoms with Gasteiger partial charge in [-0.3, -0.25) is 4.79 Å². The fourth-order valence-corrected chi connectivity index (χ4v) is 5.99. The van der Waals surface area contributed by atoms with E-state index in [2.05, 4.69) is 15.6 Å². The number of thiazole rings is 1. The van der Waals surface area contributed by atoms with Crippen LogP contribution in [0.2, 0.25) is 0 Å². The van der Waals surface area contributed by atoms with Gasteiger partial charge < -0.3 is 20.3 Å². The van der Waals surface area contributed by atoms with Crippen molar-refractivity contribution >= 4 is 60.8 Å². The Morgan fingerprint density at radius 1 is 1.37 bits per heavy atom. The molecule has 162 valence electrons. The summed E-state index contributed by atoms with van der Waals surface area (Å²) in [4.78, 5) is 30.3. The number of benzene rings is 1. The van der Waals surface area contributed by atoms with Crippen molar-refractivity contribution < 1.29 is 22.7 Å². The highest BCUT2D eigenvalue weighted by Gasteiger charge is 2.37. The fourth-order valence-electron chi connectivity index (χ4n) is 3.17. The molecule has 12 heteroatoms. The van der Waals surface area contributed by atoms with Gasteiger partial charge in [0, 0.05) is 31.6 Å². The van der Waals surface area contributed by atoms with Gasteiger partial charge in [0.05, 0.1) is 33.9 Å². The normalized spacial score (nSPS) is 19.6. The van der Waals surface area contributed by atoms with Gasteiger partial charge in [-0.05, 0) is 24.6 Å². The van der Waals surface area contributed by atoms with Crippen molar-refractivity contribution in [3.63, 3.8) is 0 Å². The molecular weight excluding hydrogens is 448 g/mol. The van der Waals surface area contributed by atoms with Crippen molar-refractivity contribution in [2.45, 2.75) is 22.1 Å². The molecule has 0 spiro atoms. The largest absolute Gasteiger partial charge is 0.379 e. The predicted octanol–water partition coefficient (Wildman–Crippen LogP) is 1.55. The smallest absolute Gasteiger partial charge is 0.321 e. The zero-order chi connectivity index (χ0) is 21.3. The van der Waals surface area contributed by atoms with E-state index in [0.717, 1.165) is 21.0 Å². The van der Waals surface area contributed by atoms with E-state index in [-0.39, 0.29) is 36.8 Å². The van der Waals surface area contributed by atoms with Gasteiger partial charge in [-0.2, -0.15) is 0 Å². The number of aromatic nitrogens is 1. The van der Waals surface area contributed by atoms with Crippen molar-refractivity contribution in [2.75, 3.05) is 43.6 Å². The third-order valence-corrected chi connectivity index (χ3v) is 8.65. The molecular formula is C18H22N4O5S3. The zero-order valence-corrected chi connectivity index (χ0v) is 18.7. The number of sulfone groups is 1. The summed E-state index contributed by atoms with van der Waals surface area (Å²) >= 11 is 2.84. The Kier molecular flexibility index (Phi) is 6.19. The van der Waals surface area contributed by atoms with E-state index < -0.39 is 15.1 Å². The maximum Gasteiger partial charge on any atom is 0.321 e. The number of thioether (sulfide) groups is 1. The number of carbonyl (C=O) groups is 2. The summed E-state index contributed by atoms with van der Waals surface area (Å²) in [7, 11) is -3.12. The number of fused-ring (bicyclic) bond motifs is 1. The van der Waals surface area contributed by atoms with Crippen molar-refractivity contribution in [3.05, 3.63) is 18.2 Å². The first-order valence-corrected chi connectivity index (χ1v) is 13.2. The number of amides is 3. The molecule has 2 aliphatic heterocycles. The lowest BCUT2D eigenvalue weighted by atomic mass is 10.2. The highest BCUT2D eigenvalue weighted by Crippen LogP contribution is 2.31. The van der Waals surface area contributed by atoms with Crippen LogP contribution >= 0.6 is 23.1 Å². The van der Waals surface area contributed by atoms with E-state index in [0.29, 0.717) is 18.9 Å². The minimum absolute atomic E-state index is 0.0374.